The molecule has 8 nitrogen and oxygen atoms in total. The fraction of sp³-hybridized carbons (Fsp3) is 0.355. The number of para-hydroxylation sites is 2. The van der Waals surface area contributed by atoms with Crippen LogP contribution in [0.1, 0.15) is 38.3 Å². The van der Waals surface area contributed by atoms with Gasteiger partial charge in [0.15, 0.2) is 0 Å². The third kappa shape index (κ3) is 9.23. The van der Waals surface area contributed by atoms with E-state index in [9.17, 15) is 18.0 Å². The molecule has 0 aliphatic heterocycles. The lowest BCUT2D eigenvalue weighted by Gasteiger charge is -2.34. The lowest BCUT2D eigenvalue weighted by atomic mass is 10.0. The first kappa shape index (κ1) is 32.0. The number of benzene rings is 3. The number of nitrogens with one attached hydrogen (secondary N) is 1. The Kier molecular flexibility index (Phi) is 11.6. The fourth-order valence-electron chi connectivity index (χ4n) is 4.32. The SMILES string of the molecule is CCOc1ccccc1N(CC(=O)N(Cc1ccc(Cl)cc1)[C@@H](Cc1ccccc1)C(=O)N[C@@H](C)CC)S(C)(=O)=O. The highest BCUT2D eigenvalue weighted by atomic mass is 35.5. The molecule has 0 aliphatic rings. The van der Waals surface area contributed by atoms with Gasteiger partial charge in [0, 0.05) is 24.0 Å². The van der Waals surface area contributed by atoms with E-state index in [1.165, 1.54) is 4.90 Å². The van der Waals surface area contributed by atoms with E-state index < -0.39 is 28.5 Å². The number of carbonyl (C=O) groups excluding carboxylic acids is 2. The van der Waals surface area contributed by atoms with Crippen LogP contribution in [0.15, 0.2) is 78.9 Å². The van der Waals surface area contributed by atoms with E-state index in [0.29, 0.717) is 23.8 Å². The Balaban J connectivity index is 2.08. The predicted octanol–water partition coefficient (Wildman–Crippen LogP) is 5.06. The molecule has 3 aromatic rings. The molecule has 1 N–H and O–H groups in total. The minimum atomic E-state index is -3.91. The minimum Gasteiger partial charge on any atom is -0.492 e. The van der Waals surface area contributed by atoms with E-state index in [0.717, 1.165) is 21.7 Å². The Labute approximate surface area is 248 Å². The monoisotopic (exact) mass is 599 g/mol. The number of ether oxygens (including phenoxy) is 1. The average Bonchev–Trinajstić information content (AvgIpc) is 2.95. The van der Waals surface area contributed by atoms with Gasteiger partial charge in [0.05, 0.1) is 18.6 Å². The molecule has 3 rings (SSSR count). The number of carbonyl (C=O) groups is 2. The van der Waals surface area contributed by atoms with Crippen LogP contribution in [0.3, 0.4) is 0 Å². The second kappa shape index (κ2) is 14.9. The number of sulfonamides is 1. The molecule has 0 radical (unpaired) electrons. The van der Waals surface area contributed by atoms with Crippen molar-refractivity contribution >= 4 is 39.1 Å². The number of rotatable bonds is 14. The van der Waals surface area contributed by atoms with Crippen LogP contribution in [-0.2, 0) is 32.6 Å². The van der Waals surface area contributed by atoms with Crippen molar-refractivity contribution < 1.29 is 22.7 Å². The molecule has 220 valence electrons. The average molecular weight is 600 g/mol. The van der Waals surface area contributed by atoms with Crippen molar-refractivity contribution in [2.45, 2.75) is 52.2 Å². The zero-order valence-electron chi connectivity index (χ0n) is 23.9. The first-order chi connectivity index (χ1) is 19.5. The maximum atomic E-state index is 14.2. The summed E-state index contributed by atoms with van der Waals surface area (Å²) in [6.07, 6.45) is 2.01. The van der Waals surface area contributed by atoms with Crippen LogP contribution in [0.5, 0.6) is 5.75 Å². The molecule has 10 heteroatoms. The van der Waals surface area contributed by atoms with Gasteiger partial charge in [-0.2, -0.15) is 0 Å². The standard InChI is InChI=1S/C31H38ClN3O5S/c1-5-23(3)33-31(37)28(20-24-12-8-7-9-13-24)34(21-25-16-18-26(32)19-17-25)30(36)22-35(41(4,38)39)27-14-10-11-15-29(27)40-6-2/h7-19,23,28H,5-6,20-22H2,1-4H3,(H,33,37)/t23-,28-/m0/s1. The summed E-state index contributed by atoms with van der Waals surface area (Å²) in [5, 5.41) is 3.56. The van der Waals surface area contributed by atoms with Crippen LogP contribution in [0.4, 0.5) is 5.69 Å². The molecule has 41 heavy (non-hydrogen) atoms. The zero-order chi connectivity index (χ0) is 30.0. The molecule has 0 bridgehead atoms. The smallest absolute Gasteiger partial charge is 0.244 e. The summed E-state index contributed by atoms with van der Waals surface area (Å²) in [6.45, 7) is 5.54. The normalized spacial score (nSPS) is 12.7. The summed E-state index contributed by atoms with van der Waals surface area (Å²) >= 11 is 6.10. The van der Waals surface area contributed by atoms with Gasteiger partial charge in [0.2, 0.25) is 21.8 Å². The van der Waals surface area contributed by atoms with Crippen LogP contribution in [-0.4, -0.2) is 56.6 Å². The predicted molar refractivity (Wildman–Crippen MR) is 164 cm³/mol. The fourth-order valence-corrected chi connectivity index (χ4v) is 5.30. The lowest BCUT2D eigenvalue weighted by Crippen LogP contribution is -2.54. The molecule has 0 aliphatic carbocycles. The van der Waals surface area contributed by atoms with Crippen molar-refractivity contribution in [1.82, 2.24) is 10.2 Å². The molecular formula is C31H38ClN3O5S. The molecule has 0 spiro atoms. The van der Waals surface area contributed by atoms with Crippen molar-refractivity contribution in [2.24, 2.45) is 0 Å². The summed E-state index contributed by atoms with van der Waals surface area (Å²) in [5.74, 6) is -0.504. The van der Waals surface area contributed by atoms with Gasteiger partial charge in [0.25, 0.3) is 0 Å². The van der Waals surface area contributed by atoms with E-state index in [1.54, 1.807) is 55.5 Å². The van der Waals surface area contributed by atoms with Gasteiger partial charge in [-0.25, -0.2) is 8.42 Å². The van der Waals surface area contributed by atoms with Crippen LogP contribution in [0.25, 0.3) is 0 Å². The molecule has 0 aromatic heterocycles. The Morgan fingerprint density at radius 3 is 2.17 bits per heavy atom. The van der Waals surface area contributed by atoms with Crippen LogP contribution in [0.2, 0.25) is 5.02 Å². The largest absolute Gasteiger partial charge is 0.492 e. The van der Waals surface area contributed by atoms with E-state index in [2.05, 4.69) is 5.32 Å². The molecule has 0 fully saturated rings. The van der Waals surface area contributed by atoms with Gasteiger partial charge in [-0.3, -0.25) is 13.9 Å². The number of anilines is 1. The zero-order valence-corrected chi connectivity index (χ0v) is 25.5. The maximum absolute atomic E-state index is 14.2. The summed E-state index contributed by atoms with van der Waals surface area (Å²) in [6, 6.07) is 22.1. The maximum Gasteiger partial charge on any atom is 0.244 e. The molecule has 3 aromatic carbocycles. The first-order valence-corrected chi connectivity index (χ1v) is 15.8. The quantitative estimate of drug-likeness (QED) is 0.279. The van der Waals surface area contributed by atoms with E-state index in [4.69, 9.17) is 16.3 Å². The van der Waals surface area contributed by atoms with Crippen molar-refractivity contribution in [1.29, 1.82) is 0 Å². The Morgan fingerprint density at radius 1 is 0.927 bits per heavy atom. The second-order valence-electron chi connectivity index (χ2n) is 9.84. The molecule has 0 saturated carbocycles. The highest BCUT2D eigenvalue weighted by molar-refractivity contribution is 7.92. The van der Waals surface area contributed by atoms with Crippen LogP contribution in [0, 0.1) is 0 Å². The number of hydrogen-bond acceptors (Lipinski definition) is 5. The van der Waals surface area contributed by atoms with Crippen molar-refractivity contribution in [3.63, 3.8) is 0 Å². The molecule has 0 heterocycles. The van der Waals surface area contributed by atoms with Crippen molar-refractivity contribution in [3.05, 3.63) is 95.0 Å². The Morgan fingerprint density at radius 2 is 1.56 bits per heavy atom. The number of nitrogens with zero attached hydrogens (tertiary/aromatic N) is 2. The van der Waals surface area contributed by atoms with E-state index >= 15 is 0 Å². The second-order valence-corrected chi connectivity index (χ2v) is 12.2. The number of amides is 2. The summed E-state index contributed by atoms with van der Waals surface area (Å²) in [4.78, 5) is 29.4. The third-order valence-corrected chi connectivity index (χ3v) is 8.03. The highest BCUT2D eigenvalue weighted by Gasteiger charge is 2.34. The first-order valence-electron chi connectivity index (χ1n) is 13.6. The van der Waals surface area contributed by atoms with Gasteiger partial charge in [-0.15, -0.1) is 0 Å². The van der Waals surface area contributed by atoms with Gasteiger partial charge in [-0.05, 0) is 55.7 Å². The topological polar surface area (TPSA) is 96.0 Å². The summed E-state index contributed by atoms with van der Waals surface area (Å²) in [5.41, 5.74) is 1.87. The van der Waals surface area contributed by atoms with Gasteiger partial charge >= 0.3 is 0 Å². The van der Waals surface area contributed by atoms with Gasteiger partial charge in [0.1, 0.15) is 18.3 Å². The van der Waals surface area contributed by atoms with E-state index in [-0.39, 0.29) is 30.6 Å². The Hall–Kier alpha value is -3.56. The summed E-state index contributed by atoms with van der Waals surface area (Å²) < 4.78 is 32.8. The van der Waals surface area contributed by atoms with Crippen LogP contribution >= 0.6 is 11.6 Å². The lowest BCUT2D eigenvalue weighted by molar-refractivity contribution is -0.140. The third-order valence-electron chi connectivity index (χ3n) is 6.65. The van der Waals surface area contributed by atoms with Gasteiger partial charge < -0.3 is 15.0 Å². The van der Waals surface area contributed by atoms with Crippen LogP contribution < -0.4 is 14.4 Å². The highest BCUT2D eigenvalue weighted by Crippen LogP contribution is 2.30. The number of halogens is 1. The minimum absolute atomic E-state index is 0.0755. The molecular weight excluding hydrogens is 562 g/mol. The van der Waals surface area contributed by atoms with E-state index in [1.807, 2.05) is 44.2 Å². The van der Waals surface area contributed by atoms with Crippen molar-refractivity contribution in [3.8, 4) is 5.75 Å². The van der Waals surface area contributed by atoms with Crippen molar-refractivity contribution in [2.75, 3.05) is 23.7 Å². The summed E-state index contributed by atoms with van der Waals surface area (Å²) in [7, 11) is -3.91. The van der Waals surface area contributed by atoms with Gasteiger partial charge in [-0.1, -0.05) is 73.1 Å². The Bertz CT molecular complexity index is 1400. The number of hydrogen-bond donors (Lipinski definition) is 1. The molecule has 2 atom stereocenters. The molecule has 0 saturated heterocycles. The molecule has 2 amide bonds. The molecule has 0 unspecified atom stereocenters.